The summed E-state index contributed by atoms with van der Waals surface area (Å²) in [6.45, 7) is 0. The Morgan fingerprint density at radius 2 is 2.00 bits per heavy atom. The molecule has 0 N–H and O–H groups in total. The Balaban J connectivity index is 3.00. The summed E-state index contributed by atoms with van der Waals surface area (Å²) < 4.78 is 37.6. The molecule has 0 unspecified atom stereocenters. The van der Waals surface area contributed by atoms with Gasteiger partial charge in [0.2, 0.25) is 0 Å². The summed E-state index contributed by atoms with van der Waals surface area (Å²) in [5, 5.41) is 0. The van der Waals surface area contributed by atoms with Crippen molar-refractivity contribution in [3.63, 3.8) is 0 Å². The second-order valence-corrected chi connectivity index (χ2v) is 3.86. The maximum atomic E-state index is 12.3. The Labute approximate surface area is 93.4 Å². The van der Waals surface area contributed by atoms with Gasteiger partial charge in [-0.2, -0.15) is 13.2 Å². The molecule has 0 aliphatic heterocycles. The fraction of sp³-hybridized carbons (Fsp3) is 0.300. The fourth-order valence-corrected chi connectivity index (χ4v) is 1.60. The minimum atomic E-state index is -4.34. The predicted octanol–water partition coefficient (Wildman–Crippen LogP) is 3.60. The molecule has 1 rings (SSSR count). The Morgan fingerprint density at radius 1 is 1.33 bits per heavy atom. The lowest BCUT2D eigenvalue weighted by Crippen LogP contribution is -2.05. The van der Waals surface area contributed by atoms with E-state index in [2.05, 4.69) is 15.9 Å². The van der Waals surface area contributed by atoms with Gasteiger partial charge in [0.15, 0.2) is 0 Å². The lowest BCUT2D eigenvalue weighted by atomic mass is 10.1. The Hall–Kier alpha value is -0.840. The Kier molecular flexibility index (Phi) is 3.90. The van der Waals surface area contributed by atoms with Gasteiger partial charge in [-0.15, -0.1) is 0 Å². The normalized spacial score (nSPS) is 11.5. The van der Waals surface area contributed by atoms with Gasteiger partial charge in [-0.1, -0.05) is 15.9 Å². The second-order valence-electron chi connectivity index (χ2n) is 3.01. The zero-order valence-corrected chi connectivity index (χ0v) is 9.23. The third-order valence-corrected chi connectivity index (χ3v) is 2.68. The molecule has 0 bridgehead atoms. The largest absolute Gasteiger partial charge is 0.416 e. The molecular formula is C10H8BrF3O. The highest BCUT2D eigenvalue weighted by Crippen LogP contribution is 2.32. The van der Waals surface area contributed by atoms with E-state index in [1.54, 1.807) is 0 Å². The van der Waals surface area contributed by atoms with Crippen molar-refractivity contribution >= 4 is 22.2 Å². The molecule has 0 aliphatic rings. The Bertz CT molecular complexity index is 360. The minimum absolute atomic E-state index is 0.222. The molecule has 0 amide bonds. The fourth-order valence-electron chi connectivity index (χ4n) is 1.16. The van der Waals surface area contributed by atoms with Crippen molar-refractivity contribution in [3.05, 3.63) is 33.8 Å². The molecule has 1 aromatic rings. The van der Waals surface area contributed by atoms with Crippen LogP contribution in [0.15, 0.2) is 22.7 Å². The number of alkyl halides is 3. The van der Waals surface area contributed by atoms with Gasteiger partial charge >= 0.3 is 6.18 Å². The summed E-state index contributed by atoms with van der Waals surface area (Å²) in [5.74, 6) is 0. The third kappa shape index (κ3) is 3.34. The van der Waals surface area contributed by atoms with Crippen LogP contribution in [-0.4, -0.2) is 6.29 Å². The standard InChI is InChI=1S/C10H8BrF3O/c11-9-4-3-8(10(12,13)14)6-7(9)2-1-5-15/h3-6H,1-2H2. The van der Waals surface area contributed by atoms with Crippen LogP contribution in [0.25, 0.3) is 0 Å². The van der Waals surface area contributed by atoms with E-state index in [1.807, 2.05) is 0 Å². The van der Waals surface area contributed by atoms with Gasteiger partial charge in [0.05, 0.1) is 5.56 Å². The molecule has 0 saturated heterocycles. The van der Waals surface area contributed by atoms with E-state index in [-0.39, 0.29) is 6.42 Å². The van der Waals surface area contributed by atoms with Crippen LogP contribution in [0.1, 0.15) is 17.5 Å². The lowest BCUT2D eigenvalue weighted by Gasteiger charge is -2.09. The number of hydrogen-bond acceptors (Lipinski definition) is 1. The predicted molar refractivity (Wildman–Crippen MR) is 53.5 cm³/mol. The third-order valence-electron chi connectivity index (χ3n) is 1.90. The first-order valence-corrected chi connectivity index (χ1v) is 5.03. The summed E-state index contributed by atoms with van der Waals surface area (Å²) in [6, 6.07) is 3.42. The molecule has 5 heteroatoms. The zero-order valence-electron chi connectivity index (χ0n) is 7.64. The number of aryl methyl sites for hydroxylation is 1. The highest BCUT2D eigenvalue weighted by Gasteiger charge is 2.30. The molecule has 0 fully saturated rings. The quantitative estimate of drug-likeness (QED) is 0.774. The van der Waals surface area contributed by atoms with Crippen molar-refractivity contribution in [3.8, 4) is 0 Å². The average molecular weight is 281 g/mol. The van der Waals surface area contributed by atoms with Gasteiger partial charge in [-0.05, 0) is 30.2 Å². The smallest absolute Gasteiger partial charge is 0.303 e. The van der Waals surface area contributed by atoms with Crippen molar-refractivity contribution < 1.29 is 18.0 Å². The number of benzene rings is 1. The van der Waals surface area contributed by atoms with E-state index in [0.717, 1.165) is 12.1 Å². The van der Waals surface area contributed by atoms with E-state index in [4.69, 9.17) is 0 Å². The summed E-state index contributed by atoms with van der Waals surface area (Å²) >= 11 is 3.14. The van der Waals surface area contributed by atoms with E-state index >= 15 is 0 Å². The number of carbonyl (C=O) groups is 1. The monoisotopic (exact) mass is 280 g/mol. The molecule has 82 valence electrons. The van der Waals surface area contributed by atoms with Crippen LogP contribution in [0, 0.1) is 0 Å². The number of aldehydes is 1. The number of hydrogen-bond donors (Lipinski definition) is 0. The van der Waals surface area contributed by atoms with Crippen LogP contribution >= 0.6 is 15.9 Å². The molecular weight excluding hydrogens is 273 g/mol. The van der Waals surface area contributed by atoms with E-state index < -0.39 is 11.7 Å². The van der Waals surface area contributed by atoms with Crippen molar-refractivity contribution in [2.45, 2.75) is 19.0 Å². The molecule has 1 aromatic carbocycles. The molecule has 0 heterocycles. The molecule has 0 aromatic heterocycles. The number of halogens is 4. The average Bonchev–Trinajstić information content (AvgIpc) is 2.15. The first-order chi connectivity index (χ1) is 6.95. The van der Waals surface area contributed by atoms with Crippen LogP contribution in [0.3, 0.4) is 0 Å². The number of rotatable bonds is 3. The summed E-state index contributed by atoms with van der Waals surface area (Å²) in [4.78, 5) is 10.1. The molecule has 0 aliphatic carbocycles. The first-order valence-electron chi connectivity index (χ1n) is 4.24. The second kappa shape index (κ2) is 4.79. The molecule has 0 atom stereocenters. The summed E-state index contributed by atoms with van der Waals surface area (Å²) in [6.07, 6.45) is -3.11. The van der Waals surface area contributed by atoms with Crippen LogP contribution in [0.5, 0.6) is 0 Å². The molecule has 0 saturated carbocycles. The number of carbonyl (C=O) groups excluding carboxylic acids is 1. The van der Waals surface area contributed by atoms with Crippen LogP contribution < -0.4 is 0 Å². The van der Waals surface area contributed by atoms with Crippen molar-refractivity contribution in [2.75, 3.05) is 0 Å². The van der Waals surface area contributed by atoms with Crippen LogP contribution in [-0.2, 0) is 17.4 Å². The van der Waals surface area contributed by atoms with Crippen LogP contribution in [0.4, 0.5) is 13.2 Å². The maximum Gasteiger partial charge on any atom is 0.416 e. The highest BCUT2D eigenvalue weighted by atomic mass is 79.9. The SMILES string of the molecule is O=CCCc1cc(C(F)(F)F)ccc1Br. The van der Waals surface area contributed by atoms with Gasteiger partial charge in [0, 0.05) is 10.9 Å². The van der Waals surface area contributed by atoms with Crippen LogP contribution in [0.2, 0.25) is 0 Å². The molecule has 15 heavy (non-hydrogen) atoms. The van der Waals surface area contributed by atoms with E-state index in [1.165, 1.54) is 6.07 Å². The topological polar surface area (TPSA) is 17.1 Å². The highest BCUT2D eigenvalue weighted by molar-refractivity contribution is 9.10. The van der Waals surface area contributed by atoms with Gasteiger partial charge in [0.25, 0.3) is 0 Å². The maximum absolute atomic E-state index is 12.3. The van der Waals surface area contributed by atoms with Crippen molar-refractivity contribution in [1.29, 1.82) is 0 Å². The van der Waals surface area contributed by atoms with Gasteiger partial charge in [0.1, 0.15) is 6.29 Å². The van der Waals surface area contributed by atoms with Crippen molar-refractivity contribution in [2.24, 2.45) is 0 Å². The molecule has 0 spiro atoms. The van der Waals surface area contributed by atoms with E-state index in [9.17, 15) is 18.0 Å². The first kappa shape index (κ1) is 12.2. The van der Waals surface area contributed by atoms with E-state index in [0.29, 0.717) is 22.7 Å². The van der Waals surface area contributed by atoms with Gasteiger partial charge in [-0.3, -0.25) is 0 Å². The van der Waals surface area contributed by atoms with Gasteiger partial charge < -0.3 is 4.79 Å². The molecule has 1 nitrogen and oxygen atoms in total. The zero-order chi connectivity index (χ0) is 11.5. The lowest BCUT2D eigenvalue weighted by molar-refractivity contribution is -0.137. The van der Waals surface area contributed by atoms with Crippen molar-refractivity contribution in [1.82, 2.24) is 0 Å². The molecule has 0 radical (unpaired) electrons. The summed E-state index contributed by atoms with van der Waals surface area (Å²) in [7, 11) is 0. The Morgan fingerprint density at radius 3 is 2.53 bits per heavy atom. The summed E-state index contributed by atoms with van der Waals surface area (Å²) in [5.41, 5.74) is -0.191. The van der Waals surface area contributed by atoms with Gasteiger partial charge in [-0.25, -0.2) is 0 Å². The minimum Gasteiger partial charge on any atom is -0.303 e.